The molecule has 0 aromatic heterocycles. The second kappa shape index (κ2) is 2.12. The molecule has 2 nitrogen and oxygen atoms in total. The molecule has 2 heteroatoms. The number of epoxide rings is 2. The Hall–Kier alpha value is -0.340. The molecule has 0 aliphatic carbocycles. The van der Waals surface area contributed by atoms with Crippen LogP contribution in [-0.4, -0.2) is 23.4 Å². The average Bonchev–Trinajstić information content (AvgIpc) is 2.72. The summed E-state index contributed by atoms with van der Waals surface area (Å²) in [7, 11) is 0. The molecule has 0 amide bonds. The van der Waals surface area contributed by atoms with E-state index >= 15 is 0 Å². The minimum atomic E-state index is -0.0119. The molecule has 0 radical (unpaired) electrons. The normalized spacial score (nSPS) is 49.7. The van der Waals surface area contributed by atoms with Crippen LogP contribution in [0.1, 0.15) is 27.7 Å². The van der Waals surface area contributed by atoms with Crippen LogP contribution in [0.25, 0.3) is 0 Å². The van der Waals surface area contributed by atoms with Gasteiger partial charge in [0.1, 0.15) is 11.7 Å². The Labute approximate surface area is 73.5 Å². The first kappa shape index (κ1) is 8.27. The summed E-state index contributed by atoms with van der Waals surface area (Å²) >= 11 is 0. The zero-order valence-electron chi connectivity index (χ0n) is 8.13. The van der Waals surface area contributed by atoms with Crippen molar-refractivity contribution in [3.05, 3.63) is 12.2 Å². The van der Waals surface area contributed by atoms with Crippen LogP contribution < -0.4 is 0 Å². The largest absolute Gasteiger partial charge is 0.362 e. The fourth-order valence-corrected chi connectivity index (χ4v) is 1.36. The molecule has 2 aliphatic heterocycles. The highest BCUT2D eigenvalue weighted by atomic mass is 16.6. The van der Waals surface area contributed by atoms with Gasteiger partial charge in [-0.05, 0) is 27.7 Å². The second-order valence-corrected chi connectivity index (χ2v) is 4.44. The molecule has 3 atom stereocenters. The minimum absolute atomic E-state index is 0.0119. The summed E-state index contributed by atoms with van der Waals surface area (Å²) in [6, 6.07) is 0. The lowest BCUT2D eigenvalue weighted by Crippen LogP contribution is -2.05. The quantitative estimate of drug-likeness (QED) is 0.464. The summed E-state index contributed by atoms with van der Waals surface area (Å²) in [6.45, 7) is 8.38. The molecule has 0 unspecified atom stereocenters. The Morgan fingerprint density at radius 3 is 2.00 bits per heavy atom. The predicted octanol–water partition coefficient (Wildman–Crippen LogP) is 1.90. The van der Waals surface area contributed by atoms with Gasteiger partial charge in [0.05, 0.1) is 11.7 Å². The van der Waals surface area contributed by atoms with Crippen LogP contribution in [0.5, 0.6) is 0 Å². The van der Waals surface area contributed by atoms with Crippen molar-refractivity contribution in [3.8, 4) is 0 Å². The van der Waals surface area contributed by atoms with Gasteiger partial charge in [0.25, 0.3) is 0 Å². The van der Waals surface area contributed by atoms with Crippen molar-refractivity contribution in [2.24, 2.45) is 0 Å². The zero-order chi connectivity index (χ0) is 8.98. The van der Waals surface area contributed by atoms with Crippen LogP contribution in [0.3, 0.4) is 0 Å². The molecule has 68 valence electrons. The molecular weight excluding hydrogens is 152 g/mol. The molecule has 0 spiro atoms. The van der Waals surface area contributed by atoms with Crippen LogP contribution in [0.2, 0.25) is 0 Å². The minimum Gasteiger partial charge on any atom is -0.362 e. The highest BCUT2D eigenvalue weighted by Gasteiger charge is 2.49. The Balaban J connectivity index is 1.89. The van der Waals surface area contributed by atoms with E-state index in [9.17, 15) is 0 Å². The maximum atomic E-state index is 5.42. The van der Waals surface area contributed by atoms with Crippen LogP contribution in [-0.2, 0) is 9.47 Å². The molecule has 12 heavy (non-hydrogen) atoms. The lowest BCUT2D eigenvalue weighted by molar-refractivity contribution is 0.331. The summed E-state index contributed by atoms with van der Waals surface area (Å²) in [5.74, 6) is 0. The van der Waals surface area contributed by atoms with E-state index in [1.165, 1.54) is 0 Å². The van der Waals surface area contributed by atoms with Gasteiger partial charge in [-0.3, -0.25) is 0 Å². The maximum Gasteiger partial charge on any atom is 0.110 e. The van der Waals surface area contributed by atoms with Crippen LogP contribution in [0.4, 0.5) is 0 Å². The van der Waals surface area contributed by atoms with Crippen molar-refractivity contribution in [1.82, 2.24) is 0 Å². The van der Waals surface area contributed by atoms with Crippen LogP contribution in [0.15, 0.2) is 12.2 Å². The molecule has 2 saturated heterocycles. The van der Waals surface area contributed by atoms with E-state index in [1.807, 2.05) is 0 Å². The van der Waals surface area contributed by atoms with Gasteiger partial charge in [0, 0.05) is 0 Å². The molecule has 0 saturated carbocycles. The Kier molecular flexibility index (Phi) is 1.46. The molecule has 0 aromatic rings. The molecule has 2 heterocycles. The van der Waals surface area contributed by atoms with Crippen molar-refractivity contribution < 1.29 is 9.47 Å². The molecule has 2 aliphatic rings. The van der Waals surface area contributed by atoms with Gasteiger partial charge >= 0.3 is 0 Å². The third-order valence-corrected chi connectivity index (χ3v) is 2.84. The molecule has 0 bridgehead atoms. The van der Waals surface area contributed by atoms with Gasteiger partial charge in [-0.2, -0.15) is 0 Å². The summed E-state index contributed by atoms with van der Waals surface area (Å²) < 4.78 is 10.8. The molecule has 2 rings (SSSR count). The van der Waals surface area contributed by atoms with Crippen molar-refractivity contribution in [2.75, 3.05) is 0 Å². The van der Waals surface area contributed by atoms with Gasteiger partial charge in [-0.15, -0.1) is 0 Å². The van der Waals surface area contributed by atoms with E-state index in [0.717, 1.165) is 0 Å². The van der Waals surface area contributed by atoms with Gasteiger partial charge in [-0.25, -0.2) is 0 Å². The average molecular weight is 168 g/mol. The zero-order valence-corrected chi connectivity index (χ0v) is 8.13. The molecular formula is C10H16O2. The third-order valence-electron chi connectivity index (χ3n) is 2.84. The second-order valence-electron chi connectivity index (χ2n) is 4.44. The number of hydrogen-bond donors (Lipinski definition) is 0. The Morgan fingerprint density at radius 1 is 1.17 bits per heavy atom. The highest BCUT2D eigenvalue weighted by molar-refractivity contribution is 5.18. The van der Waals surface area contributed by atoms with Gasteiger partial charge in [0.2, 0.25) is 0 Å². The fraction of sp³-hybridized carbons (Fsp3) is 0.800. The van der Waals surface area contributed by atoms with E-state index in [0.29, 0.717) is 12.2 Å². The molecule has 2 fully saturated rings. The molecule has 0 N–H and O–H groups in total. The monoisotopic (exact) mass is 168 g/mol. The van der Waals surface area contributed by atoms with Crippen molar-refractivity contribution in [2.45, 2.75) is 51.1 Å². The van der Waals surface area contributed by atoms with E-state index in [2.05, 4.69) is 39.8 Å². The standard InChI is InChI=1S/C10H16O2/c1-7-10(4,11-7)6-5-8-9(2,3)12-8/h5-8H,1-4H3/b6-5+/t7-,8+,10+/m0/s1. The Bertz CT molecular complexity index is 232. The Morgan fingerprint density at radius 2 is 1.67 bits per heavy atom. The van der Waals surface area contributed by atoms with Crippen LogP contribution in [0, 0.1) is 0 Å². The van der Waals surface area contributed by atoms with E-state index in [1.54, 1.807) is 0 Å². The number of rotatable bonds is 2. The van der Waals surface area contributed by atoms with Crippen molar-refractivity contribution in [1.29, 1.82) is 0 Å². The highest BCUT2D eigenvalue weighted by Crippen LogP contribution is 2.40. The summed E-state index contributed by atoms with van der Waals surface area (Å²) in [6.07, 6.45) is 4.90. The van der Waals surface area contributed by atoms with E-state index in [4.69, 9.17) is 9.47 Å². The smallest absolute Gasteiger partial charge is 0.110 e. The summed E-state index contributed by atoms with van der Waals surface area (Å²) in [4.78, 5) is 0. The van der Waals surface area contributed by atoms with Crippen LogP contribution >= 0.6 is 0 Å². The fourth-order valence-electron chi connectivity index (χ4n) is 1.36. The summed E-state index contributed by atoms with van der Waals surface area (Å²) in [5.41, 5.74) is 0.0486. The lowest BCUT2D eigenvalue weighted by Gasteiger charge is -1.94. The van der Waals surface area contributed by atoms with Crippen molar-refractivity contribution in [3.63, 3.8) is 0 Å². The van der Waals surface area contributed by atoms with Crippen molar-refractivity contribution >= 4 is 0 Å². The number of hydrogen-bond acceptors (Lipinski definition) is 2. The summed E-state index contributed by atoms with van der Waals surface area (Å²) in [5, 5.41) is 0. The van der Waals surface area contributed by atoms with Gasteiger partial charge < -0.3 is 9.47 Å². The first-order valence-electron chi connectivity index (χ1n) is 4.49. The third kappa shape index (κ3) is 1.29. The van der Waals surface area contributed by atoms with Gasteiger partial charge in [0.15, 0.2) is 0 Å². The SMILES string of the molecule is C[C@@H]1O[C@]1(C)/C=C/[C@H]1OC1(C)C. The van der Waals surface area contributed by atoms with E-state index < -0.39 is 0 Å². The molecule has 0 aromatic carbocycles. The number of ether oxygens (including phenoxy) is 2. The maximum absolute atomic E-state index is 5.42. The first-order valence-corrected chi connectivity index (χ1v) is 4.49. The predicted molar refractivity (Wildman–Crippen MR) is 47.0 cm³/mol. The van der Waals surface area contributed by atoms with E-state index in [-0.39, 0.29) is 11.2 Å². The topological polar surface area (TPSA) is 25.1 Å². The van der Waals surface area contributed by atoms with Gasteiger partial charge in [-0.1, -0.05) is 12.2 Å². The first-order chi connectivity index (χ1) is 5.44. The lowest BCUT2D eigenvalue weighted by atomic mass is 10.1.